The monoisotopic (exact) mass is 303 g/mol. The molecule has 5 nitrogen and oxygen atoms in total. The second-order valence-electron chi connectivity index (χ2n) is 5.94. The van der Waals surface area contributed by atoms with Gasteiger partial charge in [-0.2, -0.15) is 0 Å². The van der Waals surface area contributed by atoms with E-state index in [2.05, 4.69) is 10.6 Å². The van der Waals surface area contributed by atoms with Gasteiger partial charge in [-0.05, 0) is 43.4 Å². The van der Waals surface area contributed by atoms with Crippen molar-refractivity contribution >= 4 is 11.8 Å². The number of hydrogen-bond acceptors (Lipinski definition) is 3. The zero-order valence-electron chi connectivity index (χ0n) is 13.1. The fourth-order valence-electron chi connectivity index (χ4n) is 2.95. The van der Waals surface area contributed by atoms with E-state index in [1.165, 1.54) is 0 Å². The first-order valence-electron chi connectivity index (χ1n) is 7.94. The highest BCUT2D eigenvalue weighted by Gasteiger charge is 2.24. The van der Waals surface area contributed by atoms with Crippen LogP contribution in [0.3, 0.4) is 0 Å². The molecule has 22 heavy (non-hydrogen) atoms. The summed E-state index contributed by atoms with van der Waals surface area (Å²) in [5, 5.41) is 5.60. The molecule has 1 aromatic rings. The lowest BCUT2D eigenvalue weighted by Crippen LogP contribution is -2.38. The highest BCUT2D eigenvalue weighted by Crippen LogP contribution is 2.23. The Labute approximate surface area is 131 Å². The molecule has 4 N–H and O–H groups in total. The van der Waals surface area contributed by atoms with Crippen molar-refractivity contribution in [1.29, 1.82) is 0 Å². The molecule has 0 bridgehead atoms. The van der Waals surface area contributed by atoms with Crippen LogP contribution in [0.2, 0.25) is 0 Å². The number of hydrogen-bond donors (Lipinski definition) is 3. The first kappa shape index (κ1) is 16.5. The van der Waals surface area contributed by atoms with Crippen LogP contribution in [0.5, 0.6) is 0 Å². The molecule has 2 unspecified atom stereocenters. The van der Waals surface area contributed by atoms with E-state index < -0.39 is 0 Å². The maximum atomic E-state index is 12.1. The third-order valence-electron chi connectivity index (χ3n) is 4.21. The maximum Gasteiger partial charge on any atom is 0.251 e. The van der Waals surface area contributed by atoms with Gasteiger partial charge in [0.2, 0.25) is 5.91 Å². The summed E-state index contributed by atoms with van der Waals surface area (Å²) in [6.45, 7) is 0.585. The average Bonchev–Trinajstić information content (AvgIpc) is 2.54. The van der Waals surface area contributed by atoms with Crippen molar-refractivity contribution in [3.63, 3.8) is 0 Å². The molecular weight excluding hydrogens is 278 g/mol. The van der Waals surface area contributed by atoms with Crippen molar-refractivity contribution in [2.45, 2.75) is 38.1 Å². The van der Waals surface area contributed by atoms with E-state index in [1.54, 1.807) is 13.1 Å². The summed E-state index contributed by atoms with van der Waals surface area (Å²) in [5.41, 5.74) is 7.61. The molecule has 0 aromatic heterocycles. The Morgan fingerprint density at radius 2 is 2.14 bits per heavy atom. The standard InChI is InChI=1S/C17H25N3O2/c1-19-16(21)13-5-2-4-12(10-13)8-9-20-17(22)14-6-3-7-15(18)11-14/h2,4-5,10,14-15H,3,6-9,11,18H2,1H3,(H,19,21)(H,20,22). The van der Waals surface area contributed by atoms with Gasteiger partial charge in [0.15, 0.2) is 0 Å². The Kier molecular flexibility index (Phi) is 5.95. The van der Waals surface area contributed by atoms with Crippen molar-refractivity contribution in [2.75, 3.05) is 13.6 Å². The van der Waals surface area contributed by atoms with Crippen molar-refractivity contribution < 1.29 is 9.59 Å². The molecular formula is C17H25N3O2. The van der Waals surface area contributed by atoms with Crippen molar-refractivity contribution in [3.05, 3.63) is 35.4 Å². The van der Waals surface area contributed by atoms with Crippen LogP contribution in [0.4, 0.5) is 0 Å². The number of nitrogens with one attached hydrogen (secondary N) is 2. The minimum atomic E-state index is -0.0953. The highest BCUT2D eigenvalue weighted by molar-refractivity contribution is 5.94. The largest absolute Gasteiger partial charge is 0.356 e. The summed E-state index contributed by atoms with van der Waals surface area (Å²) in [7, 11) is 1.62. The fourth-order valence-corrected chi connectivity index (χ4v) is 2.95. The Morgan fingerprint density at radius 3 is 2.86 bits per heavy atom. The smallest absolute Gasteiger partial charge is 0.251 e. The summed E-state index contributed by atoms with van der Waals surface area (Å²) in [4.78, 5) is 23.7. The van der Waals surface area contributed by atoms with Gasteiger partial charge in [0.25, 0.3) is 5.91 Å². The molecule has 2 atom stereocenters. The van der Waals surface area contributed by atoms with E-state index >= 15 is 0 Å². The second kappa shape index (κ2) is 7.94. The average molecular weight is 303 g/mol. The van der Waals surface area contributed by atoms with Gasteiger partial charge >= 0.3 is 0 Å². The third kappa shape index (κ3) is 4.56. The topological polar surface area (TPSA) is 84.2 Å². The van der Waals surface area contributed by atoms with Gasteiger partial charge in [-0.3, -0.25) is 9.59 Å². The lowest BCUT2D eigenvalue weighted by Gasteiger charge is -2.25. The Bertz CT molecular complexity index is 530. The molecule has 1 aromatic carbocycles. The van der Waals surface area contributed by atoms with Gasteiger partial charge < -0.3 is 16.4 Å². The van der Waals surface area contributed by atoms with E-state index in [0.29, 0.717) is 12.1 Å². The van der Waals surface area contributed by atoms with Crippen LogP contribution >= 0.6 is 0 Å². The summed E-state index contributed by atoms with van der Waals surface area (Å²) in [5.74, 6) is 0.0700. The molecule has 1 fully saturated rings. The summed E-state index contributed by atoms with van der Waals surface area (Å²) < 4.78 is 0. The minimum Gasteiger partial charge on any atom is -0.356 e. The molecule has 1 aliphatic carbocycles. The molecule has 0 radical (unpaired) electrons. The number of rotatable bonds is 5. The van der Waals surface area contributed by atoms with Gasteiger partial charge in [-0.1, -0.05) is 18.6 Å². The molecule has 120 valence electrons. The van der Waals surface area contributed by atoms with E-state index in [4.69, 9.17) is 5.73 Å². The van der Waals surface area contributed by atoms with Crippen LogP contribution in [0, 0.1) is 5.92 Å². The summed E-state index contributed by atoms with van der Waals surface area (Å²) in [6, 6.07) is 7.64. The number of nitrogens with two attached hydrogens (primary N) is 1. The Hall–Kier alpha value is -1.88. The van der Waals surface area contributed by atoms with Crippen molar-refractivity contribution in [3.8, 4) is 0 Å². The normalized spacial score (nSPS) is 21.2. The van der Waals surface area contributed by atoms with Gasteiger partial charge in [0, 0.05) is 31.1 Å². The molecule has 1 saturated carbocycles. The zero-order chi connectivity index (χ0) is 15.9. The van der Waals surface area contributed by atoms with Crippen molar-refractivity contribution in [1.82, 2.24) is 10.6 Å². The van der Waals surface area contributed by atoms with Gasteiger partial charge in [0.1, 0.15) is 0 Å². The lowest BCUT2D eigenvalue weighted by atomic mass is 9.85. The summed E-state index contributed by atoms with van der Waals surface area (Å²) >= 11 is 0. The maximum absolute atomic E-state index is 12.1. The minimum absolute atomic E-state index is 0.0564. The van der Waals surface area contributed by atoms with Crippen LogP contribution in [0.1, 0.15) is 41.6 Å². The molecule has 2 rings (SSSR count). The van der Waals surface area contributed by atoms with Gasteiger partial charge in [-0.25, -0.2) is 0 Å². The van der Waals surface area contributed by atoms with E-state index in [9.17, 15) is 9.59 Å². The van der Waals surface area contributed by atoms with Crippen LogP contribution in [0.25, 0.3) is 0 Å². The van der Waals surface area contributed by atoms with Gasteiger partial charge in [-0.15, -0.1) is 0 Å². The molecule has 5 heteroatoms. The predicted molar refractivity (Wildman–Crippen MR) is 86.5 cm³/mol. The number of carbonyl (C=O) groups is 2. The summed E-state index contributed by atoms with van der Waals surface area (Å²) in [6.07, 6.45) is 4.50. The molecule has 1 aliphatic rings. The fraction of sp³-hybridized carbons (Fsp3) is 0.529. The molecule has 0 heterocycles. The van der Waals surface area contributed by atoms with Crippen LogP contribution in [-0.4, -0.2) is 31.4 Å². The molecule has 2 amide bonds. The molecule has 0 saturated heterocycles. The SMILES string of the molecule is CNC(=O)c1cccc(CCNC(=O)C2CCCC(N)C2)c1. The first-order valence-corrected chi connectivity index (χ1v) is 7.94. The quantitative estimate of drug-likeness (QED) is 0.765. The third-order valence-corrected chi connectivity index (χ3v) is 4.21. The number of benzene rings is 1. The van der Waals surface area contributed by atoms with Crippen LogP contribution in [0.15, 0.2) is 24.3 Å². The molecule has 0 aliphatic heterocycles. The van der Waals surface area contributed by atoms with Crippen LogP contribution < -0.4 is 16.4 Å². The second-order valence-corrected chi connectivity index (χ2v) is 5.94. The number of amides is 2. The lowest BCUT2D eigenvalue weighted by molar-refractivity contribution is -0.126. The zero-order valence-corrected chi connectivity index (χ0v) is 13.1. The van der Waals surface area contributed by atoms with E-state index in [0.717, 1.165) is 37.7 Å². The first-order chi connectivity index (χ1) is 10.6. The predicted octanol–water partition coefficient (Wildman–Crippen LogP) is 1.22. The van der Waals surface area contributed by atoms with Crippen LogP contribution in [-0.2, 0) is 11.2 Å². The van der Waals surface area contributed by atoms with E-state index in [1.807, 2.05) is 18.2 Å². The highest BCUT2D eigenvalue weighted by atomic mass is 16.2. The van der Waals surface area contributed by atoms with Gasteiger partial charge in [0.05, 0.1) is 0 Å². The molecule has 0 spiro atoms. The van der Waals surface area contributed by atoms with Crippen molar-refractivity contribution in [2.24, 2.45) is 11.7 Å². The number of carbonyl (C=O) groups excluding carboxylic acids is 2. The van der Waals surface area contributed by atoms with E-state index in [-0.39, 0.29) is 23.8 Å². The Balaban J connectivity index is 1.81. The Morgan fingerprint density at radius 1 is 1.32 bits per heavy atom.